The molecule has 0 spiro atoms. The molecule has 0 unspecified atom stereocenters. The fourth-order valence-corrected chi connectivity index (χ4v) is 1.73. The highest BCUT2D eigenvalue weighted by Gasteiger charge is 2.00. The second-order valence-electron chi connectivity index (χ2n) is 3.58. The van der Waals surface area contributed by atoms with Crippen molar-refractivity contribution in [2.45, 2.75) is 0 Å². The Morgan fingerprint density at radius 1 is 0.875 bits per heavy atom. The standard InChI is InChI=1S/C15H12S/c1-12(14-5-3-2-4-6-14)15-9-7-13(11-16)8-10-15/h2-11H,1H2. The second kappa shape index (κ2) is 4.86. The molecule has 0 aliphatic rings. The zero-order chi connectivity index (χ0) is 11.4. The fraction of sp³-hybridized carbons (Fsp3) is 0. The molecule has 2 aromatic rings. The van der Waals surface area contributed by atoms with Crippen LogP contribution in [0.25, 0.3) is 5.57 Å². The molecular weight excluding hydrogens is 212 g/mol. The average Bonchev–Trinajstić information content (AvgIpc) is 2.39. The topological polar surface area (TPSA) is 0 Å². The van der Waals surface area contributed by atoms with E-state index in [9.17, 15) is 0 Å². The van der Waals surface area contributed by atoms with Crippen LogP contribution >= 0.6 is 12.2 Å². The fourth-order valence-electron chi connectivity index (χ4n) is 1.57. The Labute approximate surface area is 101 Å². The van der Waals surface area contributed by atoms with Crippen LogP contribution in [-0.2, 0) is 0 Å². The molecule has 16 heavy (non-hydrogen) atoms. The molecule has 0 radical (unpaired) electrons. The van der Waals surface area contributed by atoms with Crippen LogP contribution in [0, 0.1) is 0 Å². The molecule has 0 saturated heterocycles. The minimum absolute atomic E-state index is 1.04. The van der Waals surface area contributed by atoms with Crippen molar-refractivity contribution in [1.82, 2.24) is 0 Å². The summed E-state index contributed by atoms with van der Waals surface area (Å²) >= 11 is 4.87. The average molecular weight is 224 g/mol. The summed E-state index contributed by atoms with van der Waals surface area (Å²) in [6.45, 7) is 4.11. The minimum Gasteiger partial charge on any atom is -0.0906 e. The molecule has 2 rings (SSSR count). The van der Waals surface area contributed by atoms with Gasteiger partial charge >= 0.3 is 0 Å². The van der Waals surface area contributed by atoms with Crippen LogP contribution in [0.3, 0.4) is 0 Å². The number of hydrogen-bond donors (Lipinski definition) is 0. The Balaban J connectivity index is 2.31. The summed E-state index contributed by atoms with van der Waals surface area (Å²) < 4.78 is 0. The van der Waals surface area contributed by atoms with Gasteiger partial charge in [-0.3, -0.25) is 0 Å². The van der Waals surface area contributed by atoms with Gasteiger partial charge in [-0.15, -0.1) is 0 Å². The van der Waals surface area contributed by atoms with Crippen molar-refractivity contribution in [2.24, 2.45) is 0 Å². The zero-order valence-corrected chi connectivity index (χ0v) is 9.71. The molecule has 0 bridgehead atoms. The van der Waals surface area contributed by atoms with Crippen molar-refractivity contribution in [3.63, 3.8) is 0 Å². The third-order valence-corrected chi connectivity index (χ3v) is 2.79. The van der Waals surface area contributed by atoms with E-state index in [2.05, 4.69) is 18.7 Å². The molecule has 0 aliphatic carbocycles. The lowest BCUT2D eigenvalue weighted by Gasteiger charge is -2.06. The maximum Gasteiger partial charge on any atom is 0.00861 e. The van der Waals surface area contributed by atoms with Crippen LogP contribution in [0.4, 0.5) is 0 Å². The summed E-state index contributed by atoms with van der Waals surface area (Å²) in [7, 11) is 0. The van der Waals surface area contributed by atoms with Crippen LogP contribution in [-0.4, -0.2) is 5.37 Å². The van der Waals surface area contributed by atoms with Crippen LogP contribution in [0.1, 0.15) is 16.7 Å². The van der Waals surface area contributed by atoms with E-state index in [4.69, 9.17) is 12.2 Å². The molecule has 78 valence electrons. The van der Waals surface area contributed by atoms with Gasteiger partial charge in [0.25, 0.3) is 0 Å². The highest BCUT2D eigenvalue weighted by molar-refractivity contribution is 7.79. The summed E-state index contributed by atoms with van der Waals surface area (Å²) in [6, 6.07) is 18.3. The molecular formula is C15H12S. The van der Waals surface area contributed by atoms with E-state index in [0.29, 0.717) is 0 Å². The Morgan fingerprint density at radius 3 is 2.00 bits per heavy atom. The van der Waals surface area contributed by atoms with Crippen molar-refractivity contribution in [2.75, 3.05) is 0 Å². The number of benzene rings is 2. The summed E-state index contributed by atoms with van der Waals surface area (Å²) in [4.78, 5) is 0. The van der Waals surface area contributed by atoms with Gasteiger partial charge in [-0.2, -0.15) is 0 Å². The summed E-state index contributed by atoms with van der Waals surface area (Å²) in [5, 5.41) is 1.68. The zero-order valence-electron chi connectivity index (χ0n) is 8.89. The van der Waals surface area contributed by atoms with Gasteiger partial charge in [-0.25, -0.2) is 0 Å². The predicted molar refractivity (Wildman–Crippen MR) is 73.8 cm³/mol. The summed E-state index contributed by atoms with van der Waals surface area (Å²) in [5.41, 5.74) is 4.38. The lowest BCUT2D eigenvalue weighted by Crippen LogP contribution is -1.86. The third kappa shape index (κ3) is 2.26. The van der Waals surface area contributed by atoms with Gasteiger partial charge < -0.3 is 0 Å². The van der Waals surface area contributed by atoms with E-state index in [1.54, 1.807) is 5.37 Å². The van der Waals surface area contributed by atoms with Gasteiger partial charge in [0.2, 0.25) is 0 Å². The van der Waals surface area contributed by atoms with E-state index >= 15 is 0 Å². The first-order chi connectivity index (χ1) is 7.81. The number of rotatable bonds is 3. The van der Waals surface area contributed by atoms with Gasteiger partial charge in [0.1, 0.15) is 0 Å². The van der Waals surface area contributed by atoms with E-state index < -0.39 is 0 Å². The van der Waals surface area contributed by atoms with Crippen LogP contribution < -0.4 is 0 Å². The predicted octanol–water partition coefficient (Wildman–Crippen LogP) is 4.10. The van der Waals surface area contributed by atoms with Crippen molar-refractivity contribution in [3.8, 4) is 0 Å². The maximum absolute atomic E-state index is 4.87. The first-order valence-corrected chi connectivity index (χ1v) is 5.58. The largest absolute Gasteiger partial charge is 0.0906 e. The molecule has 1 heteroatoms. The molecule has 0 atom stereocenters. The first-order valence-electron chi connectivity index (χ1n) is 5.11. The maximum atomic E-state index is 4.87. The van der Waals surface area contributed by atoms with Crippen LogP contribution in [0.15, 0.2) is 61.2 Å². The van der Waals surface area contributed by atoms with Crippen LogP contribution in [0.5, 0.6) is 0 Å². The van der Waals surface area contributed by atoms with Crippen molar-refractivity contribution in [3.05, 3.63) is 77.9 Å². The van der Waals surface area contributed by atoms with Crippen molar-refractivity contribution in [1.29, 1.82) is 0 Å². The molecule has 0 nitrogen and oxygen atoms in total. The lowest BCUT2D eigenvalue weighted by molar-refractivity contribution is 1.55. The molecule has 0 saturated carbocycles. The molecule has 0 heterocycles. The smallest absolute Gasteiger partial charge is 0.00861 e. The highest BCUT2D eigenvalue weighted by Crippen LogP contribution is 2.21. The molecule has 2 aromatic carbocycles. The van der Waals surface area contributed by atoms with Gasteiger partial charge in [0, 0.05) is 5.37 Å². The molecule has 0 amide bonds. The van der Waals surface area contributed by atoms with Gasteiger partial charge in [-0.05, 0) is 22.3 Å². The Hall–Kier alpha value is -1.73. The SMILES string of the molecule is C=C(c1ccccc1)c1ccc(C=S)cc1. The first kappa shape index (κ1) is 10.8. The molecule has 0 aliphatic heterocycles. The van der Waals surface area contributed by atoms with Gasteiger partial charge in [0.15, 0.2) is 0 Å². The Kier molecular flexibility index (Phi) is 3.28. The Bertz CT molecular complexity index is 495. The summed E-state index contributed by atoms with van der Waals surface area (Å²) in [6.07, 6.45) is 0. The molecule has 0 N–H and O–H groups in total. The summed E-state index contributed by atoms with van der Waals surface area (Å²) in [5.74, 6) is 0. The van der Waals surface area contributed by atoms with E-state index in [1.165, 1.54) is 0 Å². The molecule has 0 aromatic heterocycles. The van der Waals surface area contributed by atoms with Crippen molar-refractivity contribution >= 4 is 23.2 Å². The second-order valence-corrected chi connectivity index (χ2v) is 3.82. The highest BCUT2D eigenvalue weighted by atomic mass is 32.1. The third-order valence-electron chi connectivity index (χ3n) is 2.52. The quantitative estimate of drug-likeness (QED) is 0.707. The minimum atomic E-state index is 1.04. The number of thiocarbonyl (C=S) groups is 1. The number of hydrogen-bond acceptors (Lipinski definition) is 1. The van der Waals surface area contributed by atoms with E-state index in [-0.39, 0.29) is 0 Å². The van der Waals surface area contributed by atoms with E-state index in [0.717, 1.165) is 22.3 Å². The van der Waals surface area contributed by atoms with E-state index in [1.807, 2.05) is 42.5 Å². The normalized spacial score (nSPS) is 9.75. The Morgan fingerprint density at radius 2 is 1.44 bits per heavy atom. The van der Waals surface area contributed by atoms with Gasteiger partial charge in [0.05, 0.1) is 0 Å². The van der Waals surface area contributed by atoms with Crippen LogP contribution in [0.2, 0.25) is 0 Å². The lowest BCUT2D eigenvalue weighted by atomic mass is 9.99. The molecule has 0 fully saturated rings. The van der Waals surface area contributed by atoms with Crippen molar-refractivity contribution < 1.29 is 0 Å². The van der Waals surface area contributed by atoms with Gasteiger partial charge in [-0.1, -0.05) is 73.4 Å². The monoisotopic (exact) mass is 224 g/mol.